The van der Waals surface area contributed by atoms with Crippen LogP contribution in [0, 0.1) is 0 Å². The van der Waals surface area contributed by atoms with E-state index >= 15 is 0 Å². The number of hydrogen-bond acceptors (Lipinski definition) is 3. The number of aliphatic hydroxyl groups is 1. The Morgan fingerprint density at radius 2 is 1.76 bits per heavy atom. The highest BCUT2D eigenvalue weighted by molar-refractivity contribution is 5.44. The Balaban J connectivity index is 2.55. The average Bonchev–Trinajstić information content (AvgIpc) is 2.35. The summed E-state index contributed by atoms with van der Waals surface area (Å²) in [5.41, 5.74) is -4.61. The fourth-order valence-corrected chi connectivity index (χ4v) is 2.13. The first kappa shape index (κ1) is 15.7. The molecule has 9 heteroatoms. The molecule has 1 unspecified atom stereocenters. The highest BCUT2D eigenvalue weighted by Gasteiger charge is 2.75. The molecule has 1 aromatic rings. The number of aliphatic hydroxyl groups excluding tert-OH is 1. The number of halogens is 6. The summed E-state index contributed by atoms with van der Waals surface area (Å²) in [5.74, 6) is -0.493. The zero-order valence-electron chi connectivity index (χ0n) is 10.5. The van der Waals surface area contributed by atoms with Crippen molar-refractivity contribution in [2.24, 2.45) is 0 Å². The predicted octanol–water partition coefficient (Wildman–Crippen LogP) is 3.37. The van der Waals surface area contributed by atoms with Gasteiger partial charge in [0.25, 0.3) is 0 Å². The van der Waals surface area contributed by atoms with Crippen molar-refractivity contribution in [2.75, 3.05) is 7.11 Å². The van der Waals surface area contributed by atoms with E-state index in [-0.39, 0.29) is 11.3 Å². The second-order valence-electron chi connectivity index (χ2n) is 4.55. The lowest BCUT2D eigenvalue weighted by Crippen LogP contribution is -2.63. The third-order valence-corrected chi connectivity index (χ3v) is 3.26. The minimum atomic E-state index is -5.72. The molecular weight excluding hydrogens is 306 g/mol. The van der Waals surface area contributed by atoms with Gasteiger partial charge in [0.1, 0.15) is 11.5 Å². The lowest BCUT2D eigenvalue weighted by Gasteiger charge is -2.42. The van der Waals surface area contributed by atoms with E-state index in [0.29, 0.717) is 0 Å². The van der Waals surface area contributed by atoms with Gasteiger partial charge in [-0.25, -0.2) is 0 Å². The molecule has 3 nitrogen and oxygen atoms in total. The molecule has 0 radical (unpaired) electrons. The largest absolute Gasteiger partial charge is 0.497 e. The molecule has 1 atom stereocenters. The van der Waals surface area contributed by atoms with E-state index in [1.807, 2.05) is 0 Å². The van der Waals surface area contributed by atoms with Crippen LogP contribution in [0.2, 0.25) is 0 Å². The van der Waals surface area contributed by atoms with E-state index < -0.39 is 36.2 Å². The quantitative estimate of drug-likeness (QED) is 0.807. The second-order valence-corrected chi connectivity index (χ2v) is 4.55. The number of alkyl halides is 6. The maximum atomic E-state index is 12.9. The molecular formula is C12H10F6O3. The highest BCUT2D eigenvalue weighted by Crippen LogP contribution is 2.54. The van der Waals surface area contributed by atoms with Crippen molar-refractivity contribution in [1.82, 2.24) is 0 Å². The molecule has 1 aliphatic heterocycles. The molecule has 1 aliphatic rings. The lowest BCUT2D eigenvalue weighted by atomic mass is 9.87. The van der Waals surface area contributed by atoms with E-state index in [9.17, 15) is 31.4 Å². The van der Waals surface area contributed by atoms with Crippen LogP contribution < -0.4 is 9.47 Å². The minimum absolute atomic E-state index is 0.182. The van der Waals surface area contributed by atoms with E-state index in [1.54, 1.807) is 0 Å². The Morgan fingerprint density at radius 3 is 2.24 bits per heavy atom. The molecule has 118 valence electrons. The van der Waals surface area contributed by atoms with Gasteiger partial charge in [0.15, 0.2) is 0 Å². The molecule has 0 aromatic heterocycles. The van der Waals surface area contributed by atoms with Crippen LogP contribution in [-0.4, -0.2) is 30.2 Å². The summed E-state index contributed by atoms with van der Waals surface area (Å²) in [5, 5.41) is 9.71. The summed E-state index contributed by atoms with van der Waals surface area (Å²) in [6.45, 7) is 0. The van der Waals surface area contributed by atoms with Gasteiger partial charge in [0.05, 0.1) is 13.2 Å². The molecule has 21 heavy (non-hydrogen) atoms. The molecule has 0 saturated heterocycles. The van der Waals surface area contributed by atoms with Gasteiger partial charge in [-0.1, -0.05) is 0 Å². The zero-order valence-corrected chi connectivity index (χ0v) is 10.5. The smallest absolute Gasteiger partial charge is 0.437 e. The van der Waals surface area contributed by atoms with Gasteiger partial charge in [-0.05, 0) is 18.2 Å². The van der Waals surface area contributed by atoms with Crippen LogP contribution in [0.3, 0.4) is 0 Å². The molecule has 0 saturated carbocycles. The molecule has 0 bridgehead atoms. The molecule has 0 amide bonds. The zero-order chi connectivity index (χ0) is 16.1. The van der Waals surface area contributed by atoms with Gasteiger partial charge in [-0.15, -0.1) is 0 Å². The maximum absolute atomic E-state index is 12.9. The Kier molecular flexibility index (Phi) is 3.51. The lowest BCUT2D eigenvalue weighted by molar-refractivity contribution is -0.367. The Hall–Kier alpha value is -1.64. The van der Waals surface area contributed by atoms with E-state index in [0.717, 1.165) is 18.2 Å². The molecule has 2 rings (SSSR count). The van der Waals surface area contributed by atoms with Crippen LogP contribution in [-0.2, 0) is 0 Å². The molecule has 0 spiro atoms. The average molecular weight is 316 g/mol. The predicted molar refractivity (Wildman–Crippen MR) is 58.0 cm³/mol. The van der Waals surface area contributed by atoms with Gasteiger partial charge >= 0.3 is 18.0 Å². The van der Waals surface area contributed by atoms with Crippen molar-refractivity contribution in [3.63, 3.8) is 0 Å². The van der Waals surface area contributed by atoms with Gasteiger partial charge in [0, 0.05) is 12.0 Å². The standard InChI is InChI=1S/C12H10F6O3/c1-20-6-2-3-9-7(4-6)8(19)5-10(21-9,11(13,14)15)12(16,17)18/h2-4,8,19H,5H2,1H3. The van der Waals surface area contributed by atoms with Crippen LogP contribution in [0.15, 0.2) is 18.2 Å². The molecule has 0 aliphatic carbocycles. The molecule has 1 aromatic carbocycles. The van der Waals surface area contributed by atoms with Gasteiger partial charge in [-0.3, -0.25) is 0 Å². The molecule has 0 fully saturated rings. The number of benzene rings is 1. The summed E-state index contributed by atoms with van der Waals surface area (Å²) in [6.07, 6.45) is -15.1. The van der Waals surface area contributed by atoms with E-state index in [4.69, 9.17) is 4.74 Å². The van der Waals surface area contributed by atoms with Gasteiger partial charge < -0.3 is 14.6 Å². The first-order valence-corrected chi connectivity index (χ1v) is 5.70. The Labute approximate surface area is 115 Å². The van der Waals surface area contributed by atoms with Crippen molar-refractivity contribution in [3.8, 4) is 11.5 Å². The molecule has 1 heterocycles. The Morgan fingerprint density at radius 1 is 1.19 bits per heavy atom. The summed E-state index contributed by atoms with van der Waals surface area (Å²) in [7, 11) is 1.27. The van der Waals surface area contributed by atoms with Crippen molar-refractivity contribution < 1.29 is 40.9 Å². The van der Waals surface area contributed by atoms with Crippen LogP contribution in [0.5, 0.6) is 11.5 Å². The highest BCUT2D eigenvalue weighted by atomic mass is 19.4. The van der Waals surface area contributed by atoms with Crippen molar-refractivity contribution in [1.29, 1.82) is 0 Å². The third-order valence-electron chi connectivity index (χ3n) is 3.26. The number of methoxy groups -OCH3 is 1. The van der Waals surface area contributed by atoms with Gasteiger partial charge in [0.2, 0.25) is 0 Å². The fourth-order valence-electron chi connectivity index (χ4n) is 2.13. The summed E-state index contributed by atoms with van der Waals surface area (Å²) >= 11 is 0. The topological polar surface area (TPSA) is 38.7 Å². The normalized spacial score (nSPS) is 21.4. The monoisotopic (exact) mass is 316 g/mol. The third kappa shape index (κ3) is 2.39. The minimum Gasteiger partial charge on any atom is -0.497 e. The summed E-state index contributed by atoms with van der Waals surface area (Å²) in [6, 6.07) is 3.19. The van der Waals surface area contributed by atoms with Gasteiger partial charge in [-0.2, -0.15) is 26.3 Å². The maximum Gasteiger partial charge on any atom is 0.437 e. The van der Waals surface area contributed by atoms with Crippen molar-refractivity contribution >= 4 is 0 Å². The molecule has 1 N–H and O–H groups in total. The van der Waals surface area contributed by atoms with Crippen molar-refractivity contribution in [2.45, 2.75) is 30.5 Å². The van der Waals surface area contributed by atoms with Crippen LogP contribution in [0.4, 0.5) is 26.3 Å². The first-order chi connectivity index (χ1) is 9.52. The van der Waals surface area contributed by atoms with E-state index in [2.05, 4.69) is 4.74 Å². The summed E-state index contributed by atoms with van der Waals surface area (Å²) in [4.78, 5) is 0. The summed E-state index contributed by atoms with van der Waals surface area (Å²) < 4.78 is 86.6. The van der Waals surface area contributed by atoms with Crippen LogP contribution in [0.25, 0.3) is 0 Å². The van der Waals surface area contributed by atoms with Crippen LogP contribution in [0.1, 0.15) is 18.1 Å². The fraction of sp³-hybridized carbons (Fsp3) is 0.500. The van der Waals surface area contributed by atoms with Crippen molar-refractivity contribution in [3.05, 3.63) is 23.8 Å². The number of fused-ring (bicyclic) bond motifs is 1. The number of hydrogen-bond donors (Lipinski definition) is 1. The number of ether oxygens (including phenoxy) is 2. The van der Waals surface area contributed by atoms with E-state index in [1.165, 1.54) is 7.11 Å². The Bertz CT molecular complexity index is 523. The SMILES string of the molecule is COc1ccc2c(c1)C(O)CC(C(F)(F)F)(C(F)(F)F)O2. The second kappa shape index (κ2) is 4.69. The van der Waals surface area contributed by atoms with Crippen LogP contribution >= 0.6 is 0 Å². The first-order valence-electron chi connectivity index (χ1n) is 5.70. The number of rotatable bonds is 1.